The predicted molar refractivity (Wildman–Crippen MR) is 179 cm³/mol. The Morgan fingerprint density at radius 3 is 1.43 bits per heavy atom. The maximum Gasteiger partial charge on any atom is 0.119 e. The summed E-state index contributed by atoms with van der Waals surface area (Å²) in [5.41, 5.74) is 7.93. The molecule has 5 heterocycles. The fraction of sp³-hybridized carbons (Fsp3) is 0.158. The van der Waals surface area contributed by atoms with Crippen molar-refractivity contribution in [3.05, 3.63) is 152 Å². The molecule has 8 bridgehead atoms. The number of benzene rings is 2. The molecule has 0 amide bonds. The van der Waals surface area contributed by atoms with Gasteiger partial charge in [0.1, 0.15) is 11.5 Å². The molecule has 6 N–H and O–H groups in total. The van der Waals surface area contributed by atoms with Crippen molar-refractivity contribution in [1.82, 2.24) is 19.9 Å². The van der Waals surface area contributed by atoms with Gasteiger partial charge in [0.2, 0.25) is 0 Å². The second kappa shape index (κ2) is 13.3. The fourth-order valence-corrected chi connectivity index (χ4v) is 5.81. The van der Waals surface area contributed by atoms with Crippen LogP contribution in [-0.2, 0) is 0 Å². The average molecular weight is 613 g/mol. The van der Waals surface area contributed by atoms with Crippen LogP contribution in [0, 0.1) is 0 Å². The Balaban J connectivity index is 1.38. The normalized spacial score (nSPS) is 12.5. The van der Waals surface area contributed by atoms with E-state index in [9.17, 15) is 10.2 Å². The van der Waals surface area contributed by atoms with E-state index in [0.717, 1.165) is 77.9 Å². The minimum absolute atomic E-state index is 0.0960. The molecule has 8 heteroatoms. The molecule has 0 aliphatic carbocycles. The number of ether oxygens (including phenoxy) is 2. The molecule has 0 atom stereocenters. The molecule has 6 aromatic rings. The second-order valence-electron chi connectivity index (χ2n) is 11.3. The first-order valence-electron chi connectivity index (χ1n) is 15.6. The number of fused-ring (bicyclic) bond motifs is 8. The van der Waals surface area contributed by atoms with Crippen molar-refractivity contribution in [2.75, 3.05) is 26.4 Å². The monoisotopic (exact) mass is 612 g/mol. The lowest BCUT2D eigenvalue weighted by molar-refractivity contribution is 0.233. The molecule has 4 aromatic heterocycles. The number of hydrogen-bond donors (Lipinski definition) is 6. The summed E-state index contributed by atoms with van der Waals surface area (Å²) in [6, 6.07) is 32.9. The SMILES string of the molecule is OCCCOc1cccc(C2=c3ccc([nH]3)=Cc3ccc([nH]3)C(c3cccc(OCCCO)c3)=c3ccc([nH]3)=Cc3ccc2[nH]3)c1. The minimum Gasteiger partial charge on any atom is -0.493 e. The molecule has 232 valence electrons. The highest BCUT2D eigenvalue weighted by molar-refractivity contribution is 5.80. The van der Waals surface area contributed by atoms with Gasteiger partial charge in [-0.3, -0.25) is 0 Å². The molecule has 7 rings (SSSR count). The van der Waals surface area contributed by atoms with Crippen LogP contribution in [0.5, 0.6) is 11.5 Å². The van der Waals surface area contributed by atoms with Crippen molar-refractivity contribution in [2.24, 2.45) is 0 Å². The summed E-state index contributed by atoms with van der Waals surface area (Å²) in [7, 11) is 0. The zero-order chi connectivity index (χ0) is 31.3. The molecule has 0 fully saturated rings. The molecular formula is C38H36N4O4. The van der Waals surface area contributed by atoms with E-state index < -0.39 is 0 Å². The lowest BCUT2D eigenvalue weighted by Crippen LogP contribution is -2.16. The number of nitrogens with one attached hydrogen (secondary N) is 4. The molecule has 1 aliphatic rings. The molecule has 46 heavy (non-hydrogen) atoms. The summed E-state index contributed by atoms with van der Waals surface area (Å²) in [4.78, 5) is 14.5. The van der Waals surface area contributed by atoms with Crippen molar-refractivity contribution in [1.29, 1.82) is 0 Å². The number of aromatic amines is 4. The Kier molecular flexibility index (Phi) is 8.45. The first kappa shape index (κ1) is 29.3. The van der Waals surface area contributed by atoms with E-state index in [2.05, 4.69) is 92.8 Å². The van der Waals surface area contributed by atoms with E-state index in [1.807, 2.05) is 36.4 Å². The van der Waals surface area contributed by atoms with Gasteiger partial charge in [0.05, 0.1) is 13.2 Å². The van der Waals surface area contributed by atoms with E-state index in [1.165, 1.54) is 0 Å². The topological polar surface area (TPSA) is 122 Å². The third-order valence-electron chi connectivity index (χ3n) is 7.92. The van der Waals surface area contributed by atoms with E-state index in [4.69, 9.17) is 9.47 Å². The van der Waals surface area contributed by atoms with Crippen molar-refractivity contribution >= 4 is 23.3 Å². The van der Waals surface area contributed by atoms with Gasteiger partial charge in [0.25, 0.3) is 0 Å². The molecule has 0 radical (unpaired) electrons. The summed E-state index contributed by atoms with van der Waals surface area (Å²) in [5, 5.41) is 22.2. The molecule has 0 saturated heterocycles. The van der Waals surface area contributed by atoms with Gasteiger partial charge in [-0.05, 0) is 96.1 Å². The van der Waals surface area contributed by atoms with Crippen LogP contribution in [0.25, 0.3) is 23.3 Å². The Labute approximate surface area is 265 Å². The standard InChI is InChI=1S/C38H36N4O4/c43-17-3-19-45-31-7-1-5-25(21-31)37-33-13-9-27(39-33)23-29-11-15-35(41-29)38(26-6-2-8-32(22-26)46-20-4-18-44)36-16-12-30(42-36)24-28-10-14-34(37)40-28/h1-2,5-16,21-24,39-44H,3-4,17-20H2. The van der Waals surface area contributed by atoms with Gasteiger partial charge < -0.3 is 39.6 Å². The van der Waals surface area contributed by atoms with E-state index in [0.29, 0.717) is 26.1 Å². The van der Waals surface area contributed by atoms with Crippen LogP contribution in [0.15, 0.2) is 97.1 Å². The first-order chi connectivity index (χ1) is 22.7. The van der Waals surface area contributed by atoms with Crippen LogP contribution in [0.2, 0.25) is 0 Å². The van der Waals surface area contributed by atoms with Gasteiger partial charge in [0, 0.05) is 81.4 Å². The van der Waals surface area contributed by atoms with Gasteiger partial charge in [-0.15, -0.1) is 0 Å². The lowest BCUT2D eigenvalue weighted by Gasteiger charge is -2.10. The Morgan fingerprint density at radius 1 is 0.500 bits per heavy atom. The molecule has 1 aliphatic heterocycles. The summed E-state index contributed by atoms with van der Waals surface area (Å²) in [6.45, 7) is 1.10. The maximum atomic E-state index is 9.18. The predicted octanol–water partition coefficient (Wildman–Crippen LogP) is 2.99. The van der Waals surface area contributed by atoms with Gasteiger partial charge in [-0.25, -0.2) is 0 Å². The van der Waals surface area contributed by atoms with E-state index >= 15 is 0 Å². The fourth-order valence-electron chi connectivity index (χ4n) is 5.81. The Hall–Kier alpha value is -5.44. The minimum atomic E-state index is 0.0960. The highest BCUT2D eigenvalue weighted by atomic mass is 16.5. The average Bonchev–Trinajstić information content (AvgIpc) is 3.89. The summed E-state index contributed by atoms with van der Waals surface area (Å²) >= 11 is 0. The highest BCUT2D eigenvalue weighted by Crippen LogP contribution is 2.26. The summed E-state index contributed by atoms with van der Waals surface area (Å²) in [5.74, 6) is 1.52. The zero-order valence-corrected chi connectivity index (χ0v) is 25.3. The first-order valence-corrected chi connectivity index (χ1v) is 15.6. The van der Waals surface area contributed by atoms with E-state index in [-0.39, 0.29) is 13.2 Å². The summed E-state index contributed by atoms with van der Waals surface area (Å²) in [6.07, 6.45) is 5.37. The van der Waals surface area contributed by atoms with E-state index in [1.54, 1.807) is 0 Å². The van der Waals surface area contributed by atoms with Crippen LogP contribution < -0.4 is 30.9 Å². The largest absolute Gasteiger partial charge is 0.493 e. The molecule has 0 spiro atoms. The number of aliphatic hydroxyl groups is 2. The number of H-pyrrole nitrogens is 4. The summed E-state index contributed by atoms with van der Waals surface area (Å²) < 4.78 is 11.8. The number of rotatable bonds is 10. The second-order valence-corrected chi connectivity index (χ2v) is 11.3. The van der Waals surface area contributed by atoms with Crippen molar-refractivity contribution < 1.29 is 19.7 Å². The molecule has 8 nitrogen and oxygen atoms in total. The van der Waals surface area contributed by atoms with Gasteiger partial charge in [-0.1, -0.05) is 24.3 Å². The molecule has 0 unspecified atom stereocenters. The van der Waals surface area contributed by atoms with Crippen LogP contribution in [0.4, 0.5) is 0 Å². The zero-order valence-electron chi connectivity index (χ0n) is 25.3. The Bertz CT molecular complexity index is 2060. The third kappa shape index (κ3) is 6.35. The van der Waals surface area contributed by atoms with Gasteiger partial charge >= 0.3 is 0 Å². The van der Waals surface area contributed by atoms with Crippen molar-refractivity contribution in [3.63, 3.8) is 0 Å². The quantitative estimate of drug-likeness (QED) is 0.133. The highest BCUT2D eigenvalue weighted by Gasteiger charge is 2.13. The third-order valence-corrected chi connectivity index (χ3v) is 7.92. The molecular weight excluding hydrogens is 576 g/mol. The van der Waals surface area contributed by atoms with Crippen molar-refractivity contribution in [3.8, 4) is 11.5 Å². The van der Waals surface area contributed by atoms with Crippen LogP contribution in [0.3, 0.4) is 0 Å². The smallest absolute Gasteiger partial charge is 0.119 e. The Morgan fingerprint density at radius 2 is 0.978 bits per heavy atom. The van der Waals surface area contributed by atoms with Crippen LogP contribution in [-0.4, -0.2) is 56.6 Å². The molecule has 0 saturated carbocycles. The van der Waals surface area contributed by atoms with Gasteiger partial charge in [0.15, 0.2) is 0 Å². The number of aromatic nitrogens is 4. The maximum absolute atomic E-state index is 9.18. The molecule has 2 aromatic carbocycles. The van der Waals surface area contributed by atoms with Crippen molar-refractivity contribution in [2.45, 2.75) is 12.8 Å². The number of hydrogen-bond acceptors (Lipinski definition) is 4. The lowest BCUT2D eigenvalue weighted by atomic mass is 10.0. The van der Waals surface area contributed by atoms with Crippen LogP contribution in [0.1, 0.15) is 46.7 Å². The van der Waals surface area contributed by atoms with Gasteiger partial charge in [-0.2, -0.15) is 0 Å². The number of aliphatic hydroxyl groups excluding tert-OH is 2. The van der Waals surface area contributed by atoms with Crippen LogP contribution >= 0.6 is 0 Å².